The summed E-state index contributed by atoms with van der Waals surface area (Å²) < 4.78 is 25.9. The lowest BCUT2D eigenvalue weighted by molar-refractivity contribution is 0.275. The first-order valence-corrected chi connectivity index (χ1v) is 7.05. The molecule has 0 saturated heterocycles. The molecule has 0 aliphatic rings. The molecule has 0 atom stereocenters. The molecule has 0 heterocycles. The summed E-state index contributed by atoms with van der Waals surface area (Å²) in [5, 5.41) is 8.68. The van der Waals surface area contributed by atoms with E-state index in [0.29, 0.717) is 17.4 Å². The van der Waals surface area contributed by atoms with Crippen LogP contribution in [0, 0.1) is 0 Å². The van der Waals surface area contributed by atoms with E-state index in [1.165, 1.54) is 11.4 Å². The highest BCUT2D eigenvalue weighted by molar-refractivity contribution is 9.10. The fourth-order valence-electron chi connectivity index (χ4n) is 1.24. The second kappa shape index (κ2) is 5.77. The van der Waals surface area contributed by atoms with Crippen molar-refractivity contribution in [1.29, 1.82) is 0 Å². The van der Waals surface area contributed by atoms with Crippen LogP contribution >= 0.6 is 15.9 Å². The summed E-state index contributed by atoms with van der Waals surface area (Å²) in [4.78, 5) is 0.246. The zero-order valence-electron chi connectivity index (χ0n) is 8.93. The minimum atomic E-state index is -3.47. The molecule has 0 amide bonds. The van der Waals surface area contributed by atoms with Gasteiger partial charge in [-0.05, 0) is 34.5 Å². The van der Waals surface area contributed by atoms with Gasteiger partial charge in [-0.1, -0.05) is 12.1 Å². The lowest BCUT2D eigenvalue weighted by Gasteiger charge is -2.17. The number of nitrogens with zero attached hydrogens (tertiary/aromatic N) is 1. The summed E-state index contributed by atoms with van der Waals surface area (Å²) in [5.74, 6) is 0. The van der Waals surface area contributed by atoms with Crippen LogP contribution in [0.4, 0.5) is 0 Å². The molecule has 0 unspecified atom stereocenters. The topological polar surface area (TPSA) is 57.6 Å². The normalized spacial score (nSPS) is 12.0. The van der Waals surface area contributed by atoms with Gasteiger partial charge >= 0.3 is 0 Å². The number of sulfonamides is 1. The van der Waals surface area contributed by atoms with E-state index in [0.717, 1.165) is 0 Å². The average molecular weight is 308 g/mol. The fraction of sp³-hybridized carbons (Fsp3) is 0.400. The van der Waals surface area contributed by atoms with Gasteiger partial charge in [0.05, 0.1) is 4.90 Å². The van der Waals surface area contributed by atoms with Crippen molar-refractivity contribution in [3.8, 4) is 0 Å². The maximum atomic E-state index is 12.1. The van der Waals surface area contributed by atoms with Gasteiger partial charge < -0.3 is 5.11 Å². The number of hydrogen-bond acceptors (Lipinski definition) is 3. The number of halogens is 1. The van der Waals surface area contributed by atoms with Crippen LogP contribution in [0.25, 0.3) is 0 Å². The molecular formula is C10H14BrNO3S. The number of rotatable bonds is 5. The number of aliphatic hydroxyl groups excluding tert-OH is 1. The molecule has 0 aliphatic carbocycles. The summed E-state index contributed by atoms with van der Waals surface area (Å²) in [6.45, 7) is 0.288. The molecule has 90 valence electrons. The smallest absolute Gasteiger partial charge is 0.243 e. The molecule has 1 N–H and O–H groups in total. The Kier molecular flexibility index (Phi) is 4.91. The predicted molar refractivity (Wildman–Crippen MR) is 65.7 cm³/mol. The van der Waals surface area contributed by atoms with E-state index in [2.05, 4.69) is 15.9 Å². The van der Waals surface area contributed by atoms with Gasteiger partial charge in [0.25, 0.3) is 0 Å². The molecule has 0 saturated carbocycles. The molecular weight excluding hydrogens is 294 g/mol. The predicted octanol–water partition coefficient (Wildman–Crippen LogP) is 1.45. The summed E-state index contributed by atoms with van der Waals surface area (Å²) in [6, 6.07) is 6.68. The van der Waals surface area contributed by atoms with Gasteiger partial charge in [-0.3, -0.25) is 0 Å². The maximum absolute atomic E-state index is 12.1. The van der Waals surface area contributed by atoms with Crippen molar-refractivity contribution in [2.75, 3.05) is 20.2 Å². The van der Waals surface area contributed by atoms with E-state index in [-0.39, 0.29) is 11.5 Å². The molecule has 1 aromatic rings. The lowest BCUT2D eigenvalue weighted by Crippen LogP contribution is -2.28. The van der Waals surface area contributed by atoms with Crippen LogP contribution in [0.5, 0.6) is 0 Å². The second-order valence-corrected chi connectivity index (χ2v) is 6.20. The van der Waals surface area contributed by atoms with Gasteiger partial charge in [-0.25, -0.2) is 12.7 Å². The van der Waals surface area contributed by atoms with E-state index < -0.39 is 10.0 Å². The van der Waals surface area contributed by atoms with Crippen LogP contribution in [-0.2, 0) is 10.0 Å². The molecule has 0 fully saturated rings. The van der Waals surface area contributed by atoms with Crippen LogP contribution < -0.4 is 0 Å². The zero-order chi connectivity index (χ0) is 12.2. The zero-order valence-corrected chi connectivity index (χ0v) is 11.3. The second-order valence-electron chi connectivity index (χ2n) is 3.33. The molecule has 0 aliphatic heterocycles. The summed E-state index contributed by atoms with van der Waals surface area (Å²) in [7, 11) is -1.96. The van der Waals surface area contributed by atoms with Crippen molar-refractivity contribution in [2.45, 2.75) is 11.3 Å². The van der Waals surface area contributed by atoms with E-state index in [1.807, 2.05) is 0 Å². The first-order chi connectivity index (χ1) is 7.50. The standard InChI is InChI=1S/C10H14BrNO3S/c1-12(7-4-8-13)16(14,15)10-6-3-2-5-9(10)11/h2-3,5-6,13H,4,7-8H2,1H3. The SMILES string of the molecule is CN(CCCO)S(=O)(=O)c1ccccc1Br. The lowest BCUT2D eigenvalue weighted by atomic mass is 10.4. The summed E-state index contributed by atoms with van der Waals surface area (Å²) in [5.41, 5.74) is 0. The molecule has 6 heteroatoms. The minimum Gasteiger partial charge on any atom is -0.396 e. The first kappa shape index (κ1) is 13.6. The molecule has 1 aromatic carbocycles. The van der Waals surface area contributed by atoms with Crippen LogP contribution in [0.2, 0.25) is 0 Å². The molecule has 0 radical (unpaired) electrons. The van der Waals surface area contributed by atoms with E-state index >= 15 is 0 Å². The molecule has 0 aromatic heterocycles. The number of aliphatic hydroxyl groups is 1. The van der Waals surface area contributed by atoms with Crippen molar-refractivity contribution in [3.05, 3.63) is 28.7 Å². The van der Waals surface area contributed by atoms with Gasteiger partial charge in [0.15, 0.2) is 0 Å². The van der Waals surface area contributed by atoms with E-state index in [9.17, 15) is 8.42 Å². The summed E-state index contributed by atoms with van der Waals surface area (Å²) in [6.07, 6.45) is 0.431. The quantitative estimate of drug-likeness (QED) is 0.896. The molecule has 0 spiro atoms. The molecule has 1 rings (SSSR count). The van der Waals surface area contributed by atoms with Crippen molar-refractivity contribution in [3.63, 3.8) is 0 Å². The van der Waals surface area contributed by atoms with Gasteiger partial charge in [0, 0.05) is 24.7 Å². The Balaban J connectivity index is 2.98. The Hall–Kier alpha value is -0.430. The van der Waals surface area contributed by atoms with Crippen molar-refractivity contribution >= 4 is 26.0 Å². The Morgan fingerprint density at radius 2 is 2.00 bits per heavy atom. The van der Waals surface area contributed by atoms with Crippen LogP contribution in [-0.4, -0.2) is 38.0 Å². The monoisotopic (exact) mass is 307 g/mol. The van der Waals surface area contributed by atoms with Crippen molar-refractivity contribution in [1.82, 2.24) is 4.31 Å². The van der Waals surface area contributed by atoms with Gasteiger partial charge in [-0.2, -0.15) is 0 Å². The van der Waals surface area contributed by atoms with E-state index in [1.54, 1.807) is 24.3 Å². The third-order valence-corrected chi connectivity index (χ3v) is 5.02. The average Bonchev–Trinajstić information content (AvgIpc) is 2.26. The largest absolute Gasteiger partial charge is 0.396 e. The maximum Gasteiger partial charge on any atom is 0.243 e. The van der Waals surface area contributed by atoms with E-state index in [4.69, 9.17) is 5.11 Å². The Labute approximate surface area is 104 Å². The Bertz CT molecular complexity index is 447. The molecule has 16 heavy (non-hydrogen) atoms. The highest BCUT2D eigenvalue weighted by Crippen LogP contribution is 2.23. The minimum absolute atomic E-state index is 0.0180. The van der Waals surface area contributed by atoms with Crippen LogP contribution in [0.1, 0.15) is 6.42 Å². The third-order valence-electron chi connectivity index (χ3n) is 2.16. The van der Waals surface area contributed by atoms with Crippen molar-refractivity contribution in [2.24, 2.45) is 0 Å². The van der Waals surface area contributed by atoms with Crippen LogP contribution in [0.15, 0.2) is 33.6 Å². The molecule has 4 nitrogen and oxygen atoms in total. The van der Waals surface area contributed by atoms with Gasteiger partial charge in [0.1, 0.15) is 0 Å². The van der Waals surface area contributed by atoms with Crippen molar-refractivity contribution < 1.29 is 13.5 Å². The highest BCUT2D eigenvalue weighted by Gasteiger charge is 2.22. The summed E-state index contributed by atoms with van der Waals surface area (Å²) >= 11 is 3.21. The third kappa shape index (κ3) is 3.04. The highest BCUT2D eigenvalue weighted by atomic mass is 79.9. The number of benzene rings is 1. The Morgan fingerprint density at radius 1 is 1.38 bits per heavy atom. The number of hydrogen-bond donors (Lipinski definition) is 1. The first-order valence-electron chi connectivity index (χ1n) is 4.82. The molecule has 0 bridgehead atoms. The van der Waals surface area contributed by atoms with Gasteiger partial charge in [-0.15, -0.1) is 0 Å². The van der Waals surface area contributed by atoms with Gasteiger partial charge in [0.2, 0.25) is 10.0 Å². The Morgan fingerprint density at radius 3 is 2.56 bits per heavy atom. The van der Waals surface area contributed by atoms with Crippen LogP contribution in [0.3, 0.4) is 0 Å². The fourth-order valence-corrected chi connectivity index (χ4v) is 3.40.